The smallest absolute Gasteiger partial charge is 0.193 e. The molecule has 0 aliphatic rings. The largest absolute Gasteiger partial charge is 0.491 e. The number of aromatic nitrogens is 6. The average Bonchev–Trinajstić information content (AvgIpc) is 4.00. The van der Waals surface area contributed by atoms with Gasteiger partial charge in [-0.2, -0.15) is 0 Å². The van der Waals surface area contributed by atoms with Gasteiger partial charge >= 0.3 is 0 Å². The first-order valence-corrected chi connectivity index (χ1v) is 20.1. The molecule has 0 bridgehead atoms. The second-order valence-corrected chi connectivity index (χ2v) is 14.2. The standard InChI is InChI=1S/C48H40N6O8/c55-43-29-47(36-9-5-2-6-10-36)62-48-28-38(15-17-39(43)48)60-26-24-58-22-20-54-32-42(50-52-54)34-13-11-33(12-14-34)41-31-53(51-49-41)19-21-57-23-25-59-37-16-18-45-40(27-37)44(56)30-46(61-45)35-7-3-1-4-8-35/h1-18,27-32H,19-26H2. The van der Waals surface area contributed by atoms with Crippen LogP contribution in [-0.2, 0) is 22.6 Å². The molecule has 0 atom stereocenters. The summed E-state index contributed by atoms with van der Waals surface area (Å²) in [7, 11) is 0. The summed E-state index contributed by atoms with van der Waals surface area (Å²) in [6, 6.07) is 40.4. The average molecular weight is 829 g/mol. The maximum absolute atomic E-state index is 12.8. The van der Waals surface area contributed by atoms with Crippen molar-refractivity contribution in [2.45, 2.75) is 13.1 Å². The molecule has 0 saturated heterocycles. The number of benzene rings is 5. The summed E-state index contributed by atoms with van der Waals surface area (Å²) >= 11 is 0. The first kappa shape index (κ1) is 39.8. The predicted octanol–water partition coefficient (Wildman–Crippen LogP) is 7.94. The van der Waals surface area contributed by atoms with Crippen molar-refractivity contribution in [2.75, 3.05) is 39.6 Å². The van der Waals surface area contributed by atoms with Gasteiger partial charge in [0.05, 0.1) is 62.7 Å². The topological polar surface area (TPSA) is 159 Å². The van der Waals surface area contributed by atoms with E-state index in [1.54, 1.807) is 45.8 Å². The molecule has 0 fully saturated rings. The summed E-state index contributed by atoms with van der Waals surface area (Å²) in [6.07, 6.45) is 3.76. The van der Waals surface area contributed by atoms with Crippen LogP contribution < -0.4 is 20.3 Å². The Balaban J connectivity index is 0.680. The number of hydrogen-bond acceptors (Lipinski definition) is 12. The minimum atomic E-state index is -0.130. The highest BCUT2D eigenvalue weighted by Gasteiger charge is 2.11. The Bertz CT molecular complexity index is 3040. The first-order chi connectivity index (χ1) is 30.5. The van der Waals surface area contributed by atoms with Crippen LogP contribution in [0.2, 0.25) is 0 Å². The van der Waals surface area contributed by atoms with Gasteiger partial charge in [-0.1, -0.05) is 95.4 Å². The third-order valence-corrected chi connectivity index (χ3v) is 9.99. The summed E-state index contributed by atoms with van der Waals surface area (Å²) in [6.45, 7) is 3.28. The molecule has 9 rings (SSSR count). The van der Waals surface area contributed by atoms with Crippen LogP contribution in [0.4, 0.5) is 0 Å². The van der Waals surface area contributed by atoms with Crippen LogP contribution in [0.5, 0.6) is 11.5 Å². The Labute approximate surface area is 354 Å². The summed E-state index contributed by atoms with van der Waals surface area (Å²) in [4.78, 5) is 25.5. The van der Waals surface area contributed by atoms with Gasteiger partial charge in [0.15, 0.2) is 10.9 Å². The van der Waals surface area contributed by atoms with Crippen molar-refractivity contribution < 1.29 is 27.8 Å². The van der Waals surface area contributed by atoms with E-state index >= 15 is 0 Å². The van der Waals surface area contributed by atoms with Crippen molar-refractivity contribution in [1.29, 1.82) is 0 Å². The normalized spacial score (nSPS) is 11.4. The van der Waals surface area contributed by atoms with E-state index < -0.39 is 0 Å². The fraction of sp³-hybridized carbons (Fsp3) is 0.167. The van der Waals surface area contributed by atoms with E-state index in [-0.39, 0.29) is 10.9 Å². The van der Waals surface area contributed by atoms with Gasteiger partial charge in [-0.25, -0.2) is 9.36 Å². The van der Waals surface area contributed by atoms with Gasteiger partial charge in [-0.3, -0.25) is 9.59 Å². The number of rotatable bonds is 18. The van der Waals surface area contributed by atoms with Crippen molar-refractivity contribution >= 4 is 21.9 Å². The van der Waals surface area contributed by atoms with Gasteiger partial charge in [0.25, 0.3) is 0 Å². The Morgan fingerprint density at radius 2 is 0.952 bits per heavy atom. The molecular weight excluding hydrogens is 789 g/mol. The number of hydrogen-bond donors (Lipinski definition) is 0. The van der Waals surface area contributed by atoms with Gasteiger partial charge in [0.2, 0.25) is 0 Å². The zero-order chi connectivity index (χ0) is 42.1. The Kier molecular flexibility index (Phi) is 12.0. The summed E-state index contributed by atoms with van der Waals surface area (Å²) in [5.74, 6) is 2.19. The molecule has 9 aromatic rings. The van der Waals surface area contributed by atoms with E-state index in [1.165, 1.54) is 12.1 Å². The molecule has 0 amide bonds. The molecular formula is C48H40N6O8. The van der Waals surface area contributed by atoms with Crippen molar-refractivity contribution in [3.05, 3.63) is 166 Å². The highest BCUT2D eigenvalue weighted by atomic mass is 16.5. The Morgan fingerprint density at radius 3 is 1.52 bits per heavy atom. The van der Waals surface area contributed by atoms with Gasteiger partial charge in [0.1, 0.15) is 58.8 Å². The van der Waals surface area contributed by atoms with Crippen LogP contribution in [-0.4, -0.2) is 69.6 Å². The molecule has 0 radical (unpaired) electrons. The molecule has 0 unspecified atom stereocenters. The molecule has 5 aromatic carbocycles. The highest BCUT2D eigenvalue weighted by Crippen LogP contribution is 2.27. The molecule has 4 heterocycles. The lowest BCUT2D eigenvalue weighted by Crippen LogP contribution is -2.12. The number of ether oxygens (including phenoxy) is 4. The van der Waals surface area contributed by atoms with Crippen molar-refractivity contribution in [3.63, 3.8) is 0 Å². The van der Waals surface area contributed by atoms with E-state index in [0.717, 1.165) is 33.6 Å². The fourth-order valence-electron chi connectivity index (χ4n) is 6.79. The van der Waals surface area contributed by atoms with E-state index in [4.69, 9.17) is 27.8 Å². The van der Waals surface area contributed by atoms with Crippen LogP contribution in [0.25, 0.3) is 67.1 Å². The van der Waals surface area contributed by atoms with Crippen LogP contribution in [0.1, 0.15) is 0 Å². The quantitative estimate of drug-likeness (QED) is 0.0770. The fourth-order valence-corrected chi connectivity index (χ4v) is 6.79. The van der Waals surface area contributed by atoms with Crippen molar-refractivity contribution in [3.8, 4) is 56.7 Å². The molecule has 62 heavy (non-hydrogen) atoms. The lowest BCUT2D eigenvalue weighted by molar-refractivity contribution is 0.0923. The zero-order valence-electron chi connectivity index (χ0n) is 33.5. The van der Waals surface area contributed by atoms with Gasteiger partial charge in [-0.05, 0) is 30.3 Å². The second-order valence-electron chi connectivity index (χ2n) is 14.2. The van der Waals surface area contributed by atoms with Gasteiger partial charge in [0, 0.05) is 40.5 Å². The molecule has 4 aromatic heterocycles. The van der Waals surface area contributed by atoms with Crippen LogP contribution in [0.3, 0.4) is 0 Å². The first-order valence-electron chi connectivity index (χ1n) is 20.1. The molecule has 0 saturated carbocycles. The van der Waals surface area contributed by atoms with Crippen LogP contribution in [0, 0.1) is 0 Å². The number of nitrogens with zero attached hydrogens (tertiary/aromatic N) is 6. The molecule has 0 spiro atoms. The molecule has 0 aliphatic carbocycles. The van der Waals surface area contributed by atoms with E-state index in [0.29, 0.717) is 97.7 Å². The van der Waals surface area contributed by atoms with E-state index in [1.807, 2.05) is 97.3 Å². The van der Waals surface area contributed by atoms with Crippen LogP contribution in [0.15, 0.2) is 164 Å². The number of fused-ring (bicyclic) bond motifs is 2. The Hall–Kier alpha value is -7.68. The third kappa shape index (κ3) is 9.52. The van der Waals surface area contributed by atoms with E-state index in [9.17, 15) is 9.59 Å². The second kappa shape index (κ2) is 18.7. The SMILES string of the molecule is O=c1cc(-c2ccccc2)oc2cc(OCCOCCn3cc(-c4ccc(-c5cn(CCOCCOc6ccc7oc(-c8ccccc8)cc(=O)c7c6)nn5)cc4)nn3)ccc12. The van der Waals surface area contributed by atoms with Crippen molar-refractivity contribution in [1.82, 2.24) is 30.0 Å². The summed E-state index contributed by atoms with van der Waals surface area (Å²) in [5.41, 5.74) is 5.73. The lowest BCUT2D eigenvalue weighted by Gasteiger charge is -2.08. The third-order valence-electron chi connectivity index (χ3n) is 9.99. The molecule has 0 aliphatic heterocycles. The summed E-state index contributed by atoms with van der Waals surface area (Å²) in [5, 5.41) is 18.1. The Morgan fingerprint density at radius 1 is 0.452 bits per heavy atom. The maximum atomic E-state index is 12.8. The molecule has 14 nitrogen and oxygen atoms in total. The minimum Gasteiger partial charge on any atom is -0.491 e. The zero-order valence-corrected chi connectivity index (χ0v) is 33.5. The highest BCUT2D eigenvalue weighted by molar-refractivity contribution is 5.81. The minimum absolute atomic E-state index is 0.106. The van der Waals surface area contributed by atoms with Gasteiger partial charge in [-0.15, -0.1) is 10.2 Å². The van der Waals surface area contributed by atoms with Crippen LogP contribution >= 0.6 is 0 Å². The van der Waals surface area contributed by atoms with Gasteiger partial charge < -0.3 is 27.8 Å². The maximum Gasteiger partial charge on any atom is 0.193 e. The predicted molar refractivity (Wildman–Crippen MR) is 233 cm³/mol. The van der Waals surface area contributed by atoms with E-state index in [2.05, 4.69) is 20.6 Å². The molecule has 310 valence electrons. The lowest BCUT2D eigenvalue weighted by atomic mass is 10.1. The molecule has 0 N–H and O–H groups in total. The monoisotopic (exact) mass is 828 g/mol. The summed E-state index contributed by atoms with van der Waals surface area (Å²) < 4.78 is 38.7. The molecule has 14 heteroatoms. The van der Waals surface area contributed by atoms with Crippen molar-refractivity contribution in [2.24, 2.45) is 0 Å².